The molecule has 110 valence electrons. The summed E-state index contributed by atoms with van der Waals surface area (Å²) in [6.45, 7) is 6.46. The van der Waals surface area contributed by atoms with E-state index in [0.717, 1.165) is 6.42 Å². The van der Waals surface area contributed by atoms with E-state index in [1.54, 1.807) is 30.5 Å². The molecule has 2 heterocycles. The van der Waals surface area contributed by atoms with E-state index in [2.05, 4.69) is 5.10 Å². The van der Waals surface area contributed by atoms with E-state index in [1.807, 2.05) is 0 Å². The molecule has 1 aliphatic rings. The number of aromatic nitrogens is 2. The molecule has 0 aromatic carbocycles. The van der Waals surface area contributed by atoms with Crippen molar-refractivity contribution >= 4 is 11.7 Å². The average Bonchev–Trinajstić information content (AvgIpc) is 2.94. The van der Waals surface area contributed by atoms with Gasteiger partial charge in [-0.3, -0.25) is 14.8 Å². The van der Waals surface area contributed by atoms with Crippen LogP contribution < -0.4 is 0 Å². The molecule has 1 saturated heterocycles. The van der Waals surface area contributed by atoms with Crippen molar-refractivity contribution in [3.8, 4) is 0 Å². The van der Waals surface area contributed by atoms with Crippen LogP contribution in [0, 0.1) is 15.5 Å². The lowest BCUT2D eigenvalue weighted by Gasteiger charge is -2.21. The molecule has 20 heavy (non-hydrogen) atoms. The van der Waals surface area contributed by atoms with Crippen molar-refractivity contribution in [1.29, 1.82) is 0 Å². The first-order valence-corrected chi connectivity index (χ1v) is 6.43. The zero-order valence-corrected chi connectivity index (χ0v) is 11.8. The van der Waals surface area contributed by atoms with Gasteiger partial charge in [0, 0.05) is 6.54 Å². The number of hydrogen-bond acceptors (Lipinski definition) is 6. The molecule has 0 bridgehead atoms. The summed E-state index contributed by atoms with van der Waals surface area (Å²) in [5, 5.41) is 16.2. The second-order valence-corrected chi connectivity index (χ2v) is 5.89. The van der Waals surface area contributed by atoms with Crippen LogP contribution in [0.5, 0.6) is 0 Å². The van der Waals surface area contributed by atoms with Gasteiger partial charge in [-0.1, -0.05) is 0 Å². The first kappa shape index (κ1) is 14.4. The van der Waals surface area contributed by atoms with Crippen molar-refractivity contribution in [2.75, 3.05) is 13.1 Å². The largest absolute Gasteiger partial charge is 0.367 e. The SMILES string of the molecule is CC(C)(C)C(=O)ON1CCC(n2cc([N+](=O)[O-])cn2)C1. The van der Waals surface area contributed by atoms with Gasteiger partial charge in [0.15, 0.2) is 0 Å². The van der Waals surface area contributed by atoms with Gasteiger partial charge in [-0.25, -0.2) is 4.79 Å². The standard InChI is InChI=1S/C12H18N4O4/c1-12(2,3)11(17)20-14-5-4-9(7-14)15-8-10(6-13-15)16(18)19/h6,8-9H,4-5,7H2,1-3H3. The van der Waals surface area contributed by atoms with Crippen LogP contribution in [0.1, 0.15) is 33.2 Å². The molecule has 1 atom stereocenters. The Balaban J connectivity index is 1.95. The summed E-state index contributed by atoms with van der Waals surface area (Å²) >= 11 is 0. The van der Waals surface area contributed by atoms with Gasteiger partial charge in [0.25, 0.3) is 0 Å². The molecule has 8 heteroatoms. The normalized spacial score (nSPS) is 20.1. The van der Waals surface area contributed by atoms with E-state index < -0.39 is 10.3 Å². The number of nitrogens with zero attached hydrogens (tertiary/aromatic N) is 4. The fourth-order valence-corrected chi connectivity index (χ4v) is 1.89. The smallest absolute Gasteiger partial charge is 0.330 e. The molecule has 1 aromatic rings. The highest BCUT2D eigenvalue weighted by atomic mass is 16.7. The summed E-state index contributed by atoms with van der Waals surface area (Å²) in [5.74, 6) is -0.287. The Morgan fingerprint density at radius 2 is 2.25 bits per heavy atom. The molecular formula is C12H18N4O4. The van der Waals surface area contributed by atoms with E-state index >= 15 is 0 Å². The molecule has 1 aromatic heterocycles. The quantitative estimate of drug-likeness (QED) is 0.617. The lowest BCUT2D eigenvalue weighted by Crippen LogP contribution is -2.32. The van der Waals surface area contributed by atoms with Gasteiger partial charge in [0.2, 0.25) is 0 Å². The van der Waals surface area contributed by atoms with Gasteiger partial charge in [0.05, 0.1) is 22.9 Å². The minimum Gasteiger partial charge on any atom is -0.367 e. The molecule has 8 nitrogen and oxygen atoms in total. The monoisotopic (exact) mass is 282 g/mol. The van der Waals surface area contributed by atoms with Crippen LogP contribution in [0.25, 0.3) is 0 Å². The summed E-state index contributed by atoms with van der Waals surface area (Å²) < 4.78 is 1.56. The maximum absolute atomic E-state index is 11.8. The van der Waals surface area contributed by atoms with Gasteiger partial charge < -0.3 is 4.84 Å². The highest BCUT2D eigenvalue weighted by molar-refractivity contribution is 5.75. The van der Waals surface area contributed by atoms with Crippen molar-refractivity contribution in [2.24, 2.45) is 5.41 Å². The molecule has 1 fully saturated rings. The first-order valence-electron chi connectivity index (χ1n) is 6.43. The Kier molecular flexibility index (Phi) is 3.76. The van der Waals surface area contributed by atoms with E-state index in [1.165, 1.54) is 12.4 Å². The highest BCUT2D eigenvalue weighted by Crippen LogP contribution is 2.25. The molecule has 0 N–H and O–H groups in total. The minimum absolute atomic E-state index is 0.0172. The highest BCUT2D eigenvalue weighted by Gasteiger charge is 2.31. The Labute approximate surface area is 116 Å². The zero-order valence-electron chi connectivity index (χ0n) is 11.8. The molecule has 0 radical (unpaired) electrons. The van der Waals surface area contributed by atoms with Crippen LogP contribution in [-0.2, 0) is 9.63 Å². The molecule has 1 unspecified atom stereocenters. The number of nitro groups is 1. The Hall–Kier alpha value is -1.96. The minimum atomic E-state index is -0.553. The lowest BCUT2D eigenvalue weighted by atomic mass is 9.98. The summed E-state index contributed by atoms with van der Waals surface area (Å²) in [7, 11) is 0. The van der Waals surface area contributed by atoms with Crippen molar-refractivity contribution < 1.29 is 14.6 Å². The fourth-order valence-electron chi connectivity index (χ4n) is 1.89. The van der Waals surface area contributed by atoms with Crippen LogP contribution in [-0.4, -0.2) is 38.8 Å². The van der Waals surface area contributed by atoms with Crippen molar-refractivity contribution in [1.82, 2.24) is 14.8 Å². The second-order valence-electron chi connectivity index (χ2n) is 5.89. The van der Waals surface area contributed by atoms with Crippen LogP contribution in [0.3, 0.4) is 0 Å². The summed E-state index contributed by atoms with van der Waals surface area (Å²) in [6.07, 6.45) is 3.36. The number of hydroxylamine groups is 2. The van der Waals surface area contributed by atoms with Gasteiger partial charge >= 0.3 is 11.7 Å². The molecule has 0 spiro atoms. The summed E-state index contributed by atoms with van der Waals surface area (Å²) in [4.78, 5) is 27.2. The third-order valence-corrected chi connectivity index (χ3v) is 3.12. The van der Waals surface area contributed by atoms with E-state index in [9.17, 15) is 14.9 Å². The summed E-state index contributed by atoms with van der Waals surface area (Å²) in [6, 6.07) is -0.0172. The Morgan fingerprint density at radius 3 is 2.80 bits per heavy atom. The predicted molar refractivity (Wildman–Crippen MR) is 69.7 cm³/mol. The van der Waals surface area contributed by atoms with Crippen LogP contribution in [0.4, 0.5) is 5.69 Å². The topological polar surface area (TPSA) is 90.5 Å². The maximum atomic E-state index is 11.8. The van der Waals surface area contributed by atoms with Crippen LogP contribution in [0.2, 0.25) is 0 Å². The molecular weight excluding hydrogens is 264 g/mol. The van der Waals surface area contributed by atoms with Gasteiger partial charge in [0.1, 0.15) is 12.4 Å². The second kappa shape index (κ2) is 5.20. The molecule has 0 amide bonds. The molecule has 0 aliphatic carbocycles. The van der Waals surface area contributed by atoms with Crippen molar-refractivity contribution in [2.45, 2.75) is 33.2 Å². The van der Waals surface area contributed by atoms with Gasteiger partial charge in [-0.05, 0) is 27.2 Å². The number of carbonyl (C=O) groups is 1. The fraction of sp³-hybridized carbons (Fsp3) is 0.667. The lowest BCUT2D eigenvalue weighted by molar-refractivity contribution is -0.385. The van der Waals surface area contributed by atoms with Crippen LogP contribution in [0.15, 0.2) is 12.4 Å². The third-order valence-electron chi connectivity index (χ3n) is 3.12. The van der Waals surface area contributed by atoms with Crippen molar-refractivity contribution in [3.63, 3.8) is 0 Å². The van der Waals surface area contributed by atoms with E-state index in [4.69, 9.17) is 4.84 Å². The van der Waals surface area contributed by atoms with Crippen LogP contribution >= 0.6 is 0 Å². The molecule has 1 aliphatic heterocycles. The maximum Gasteiger partial charge on any atom is 0.330 e. The average molecular weight is 282 g/mol. The van der Waals surface area contributed by atoms with Gasteiger partial charge in [-0.15, -0.1) is 5.06 Å². The molecule has 2 rings (SSSR count). The first-order chi connectivity index (χ1) is 9.27. The number of carbonyl (C=O) groups excluding carboxylic acids is 1. The van der Waals surface area contributed by atoms with E-state index in [-0.39, 0.29) is 17.7 Å². The Bertz CT molecular complexity index is 520. The van der Waals surface area contributed by atoms with E-state index in [0.29, 0.717) is 13.1 Å². The molecule has 0 saturated carbocycles. The van der Waals surface area contributed by atoms with Gasteiger partial charge in [-0.2, -0.15) is 5.10 Å². The third kappa shape index (κ3) is 3.13. The summed E-state index contributed by atoms with van der Waals surface area (Å²) in [5.41, 5.74) is -0.585. The predicted octanol–water partition coefficient (Wildman–Crippen LogP) is 1.54. The number of rotatable bonds is 3. The number of hydrogen-bond donors (Lipinski definition) is 0. The van der Waals surface area contributed by atoms with Crippen molar-refractivity contribution in [3.05, 3.63) is 22.5 Å². The Morgan fingerprint density at radius 1 is 1.55 bits per heavy atom. The zero-order chi connectivity index (χ0) is 14.9.